The molecule has 2 nitrogen and oxygen atoms in total. The molecule has 0 amide bonds. The molecule has 4 heteroatoms. The number of hydrogen-bond acceptors (Lipinski definition) is 2. The molecule has 2 aliphatic heterocycles. The van der Waals surface area contributed by atoms with E-state index in [1.54, 1.807) is 4.90 Å². The van der Waals surface area contributed by atoms with Crippen molar-refractivity contribution in [1.29, 1.82) is 0 Å². The van der Waals surface area contributed by atoms with E-state index in [9.17, 15) is 8.78 Å². The van der Waals surface area contributed by atoms with Crippen LogP contribution in [-0.2, 0) is 0 Å². The molecule has 70 valence electrons. The molecule has 0 radical (unpaired) electrons. The quantitative estimate of drug-likeness (QED) is 0.642. The van der Waals surface area contributed by atoms with Crippen molar-refractivity contribution in [3.8, 4) is 0 Å². The van der Waals surface area contributed by atoms with E-state index < -0.39 is 5.92 Å². The van der Waals surface area contributed by atoms with Crippen molar-refractivity contribution in [3.63, 3.8) is 0 Å². The van der Waals surface area contributed by atoms with Crippen molar-refractivity contribution < 1.29 is 13.9 Å². The van der Waals surface area contributed by atoms with Gasteiger partial charge in [-0.3, -0.25) is 4.90 Å². The minimum Gasteiger partial charge on any atom is -0.395 e. The lowest BCUT2D eigenvalue weighted by Gasteiger charge is -2.21. The second-order valence-corrected chi connectivity index (χ2v) is 3.80. The average molecular weight is 177 g/mol. The highest BCUT2D eigenvalue weighted by molar-refractivity contribution is 4.98. The van der Waals surface area contributed by atoms with E-state index in [0.717, 1.165) is 12.8 Å². The average Bonchev–Trinajstić information content (AvgIpc) is 2.42. The van der Waals surface area contributed by atoms with Crippen molar-refractivity contribution in [2.45, 2.75) is 37.3 Å². The third-order valence-corrected chi connectivity index (χ3v) is 2.93. The van der Waals surface area contributed by atoms with Crippen LogP contribution in [0.2, 0.25) is 0 Å². The summed E-state index contributed by atoms with van der Waals surface area (Å²) in [7, 11) is 0. The van der Waals surface area contributed by atoms with Crippen LogP contribution in [0.15, 0.2) is 0 Å². The molecule has 0 spiro atoms. The van der Waals surface area contributed by atoms with Gasteiger partial charge in [-0.05, 0) is 12.8 Å². The first-order valence-corrected chi connectivity index (χ1v) is 4.37. The van der Waals surface area contributed by atoms with Crippen LogP contribution in [0.3, 0.4) is 0 Å². The maximum atomic E-state index is 12.9. The molecule has 0 aromatic rings. The monoisotopic (exact) mass is 177 g/mol. The highest BCUT2D eigenvalue weighted by atomic mass is 19.3. The first-order valence-electron chi connectivity index (χ1n) is 4.37. The summed E-state index contributed by atoms with van der Waals surface area (Å²) in [6.45, 7) is -0.129. The maximum Gasteiger partial charge on any atom is 0.262 e. The van der Waals surface area contributed by atoms with Gasteiger partial charge in [0.2, 0.25) is 0 Å². The zero-order valence-electron chi connectivity index (χ0n) is 6.84. The molecule has 2 rings (SSSR count). The maximum absolute atomic E-state index is 12.9. The normalized spacial score (nSPS) is 40.2. The minimum atomic E-state index is -2.52. The van der Waals surface area contributed by atoms with Gasteiger partial charge in [0.15, 0.2) is 0 Å². The Kier molecular flexibility index (Phi) is 1.84. The Morgan fingerprint density at radius 1 is 1.42 bits per heavy atom. The van der Waals surface area contributed by atoms with E-state index in [1.807, 2.05) is 0 Å². The summed E-state index contributed by atoms with van der Waals surface area (Å²) >= 11 is 0. The van der Waals surface area contributed by atoms with E-state index in [4.69, 9.17) is 5.11 Å². The van der Waals surface area contributed by atoms with E-state index in [1.165, 1.54) is 0 Å². The lowest BCUT2D eigenvalue weighted by molar-refractivity contribution is 0.00389. The summed E-state index contributed by atoms with van der Waals surface area (Å²) in [5.74, 6) is -2.52. The molecule has 0 aromatic carbocycles. The molecule has 2 saturated heterocycles. The molecule has 0 saturated carbocycles. The smallest absolute Gasteiger partial charge is 0.262 e. The standard InChI is InChI=1S/C8H13F2NO/c9-8(10)3-6-1-2-7(4-12)11(6)5-8/h6-7,12H,1-5H2. The molecule has 12 heavy (non-hydrogen) atoms. The second kappa shape index (κ2) is 2.64. The van der Waals surface area contributed by atoms with Crippen molar-refractivity contribution in [2.24, 2.45) is 0 Å². The Bertz CT molecular complexity index is 186. The van der Waals surface area contributed by atoms with E-state index in [2.05, 4.69) is 0 Å². The molecule has 1 N–H and O–H groups in total. The molecular formula is C8H13F2NO. The first kappa shape index (κ1) is 8.38. The van der Waals surface area contributed by atoms with Crippen LogP contribution in [0.1, 0.15) is 19.3 Å². The summed E-state index contributed by atoms with van der Waals surface area (Å²) in [6.07, 6.45) is 1.68. The van der Waals surface area contributed by atoms with Crippen molar-refractivity contribution in [3.05, 3.63) is 0 Å². The SMILES string of the molecule is OCC1CCC2CC(F)(F)CN12. The Hall–Kier alpha value is -0.220. The fourth-order valence-electron chi connectivity index (χ4n) is 2.36. The highest BCUT2D eigenvalue weighted by Gasteiger charge is 2.49. The third kappa shape index (κ3) is 1.23. The van der Waals surface area contributed by atoms with Gasteiger partial charge < -0.3 is 5.11 Å². The Morgan fingerprint density at radius 3 is 2.83 bits per heavy atom. The predicted molar refractivity (Wildman–Crippen MR) is 40.2 cm³/mol. The zero-order chi connectivity index (χ0) is 8.77. The van der Waals surface area contributed by atoms with Crippen LogP contribution >= 0.6 is 0 Å². The van der Waals surface area contributed by atoms with E-state index in [0.29, 0.717) is 0 Å². The summed E-state index contributed by atoms with van der Waals surface area (Å²) in [6, 6.07) is 0.0144. The van der Waals surface area contributed by atoms with Gasteiger partial charge in [-0.15, -0.1) is 0 Å². The topological polar surface area (TPSA) is 23.5 Å². The van der Waals surface area contributed by atoms with Gasteiger partial charge in [0.05, 0.1) is 13.2 Å². The fourth-order valence-corrected chi connectivity index (χ4v) is 2.36. The Morgan fingerprint density at radius 2 is 2.17 bits per heavy atom. The number of fused-ring (bicyclic) bond motifs is 1. The fraction of sp³-hybridized carbons (Fsp3) is 1.00. The van der Waals surface area contributed by atoms with Crippen LogP contribution in [0, 0.1) is 0 Å². The molecule has 2 fully saturated rings. The number of rotatable bonds is 1. The van der Waals surface area contributed by atoms with Crippen molar-refractivity contribution in [1.82, 2.24) is 4.90 Å². The van der Waals surface area contributed by atoms with Crippen molar-refractivity contribution >= 4 is 0 Å². The lowest BCUT2D eigenvalue weighted by atomic mass is 10.1. The summed E-state index contributed by atoms with van der Waals surface area (Å²) < 4.78 is 25.7. The lowest BCUT2D eigenvalue weighted by Crippen LogP contribution is -2.35. The van der Waals surface area contributed by atoms with Crippen LogP contribution in [-0.4, -0.2) is 41.2 Å². The molecule has 2 heterocycles. The van der Waals surface area contributed by atoms with Crippen LogP contribution < -0.4 is 0 Å². The molecular weight excluding hydrogens is 164 g/mol. The Balaban J connectivity index is 2.06. The van der Waals surface area contributed by atoms with Gasteiger partial charge in [0.25, 0.3) is 5.92 Å². The summed E-state index contributed by atoms with van der Waals surface area (Å²) in [5, 5.41) is 8.90. The number of alkyl halides is 2. The minimum absolute atomic E-state index is 0.0104. The van der Waals surface area contributed by atoms with Crippen molar-refractivity contribution in [2.75, 3.05) is 13.2 Å². The highest BCUT2D eigenvalue weighted by Crippen LogP contribution is 2.40. The molecule has 0 bridgehead atoms. The predicted octanol–water partition coefficient (Wildman–Crippen LogP) is 0.851. The number of hydrogen-bond donors (Lipinski definition) is 1. The van der Waals surface area contributed by atoms with Gasteiger partial charge in [-0.25, -0.2) is 8.78 Å². The molecule has 2 atom stereocenters. The van der Waals surface area contributed by atoms with Gasteiger partial charge in [0, 0.05) is 18.5 Å². The summed E-state index contributed by atoms with van der Waals surface area (Å²) in [5.41, 5.74) is 0. The number of aliphatic hydroxyl groups excluding tert-OH is 1. The third-order valence-electron chi connectivity index (χ3n) is 2.93. The van der Waals surface area contributed by atoms with Gasteiger partial charge >= 0.3 is 0 Å². The van der Waals surface area contributed by atoms with Crippen LogP contribution in [0.5, 0.6) is 0 Å². The largest absolute Gasteiger partial charge is 0.395 e. The first-order chi connectivity index (χ1) is 5.62. The molecule has 0 aliphatic carbocycles. The van der Waals surface area contributed by atoms with E-state index >= 15 is 0 Å². The van der Waals surface area contributed by atoms with Gasteiger partial charge in [-0.1, -0.05) is 0 Å². The molecule has 2 unspecified atom stereocenters. The van der Waals surface area contributed by atoms with Gasteiger partial charge in [0.1, 0.15) is 0 Å². The summed E-state index contributed by atoms with van der Waals surface area (Å²) in [4.78, 5) is 1.76. The molecule has 0 aromatic heterocycles. The Labute approximate surface area is 70.2 Å². The van der Waals surface area contributed by atoms with E-state index in [-0.39, 0.29) is 31.7 Å². The molecule has 2 aliphatic rings. The van der Waals surface area contributed by atoms with Gasteiger partial charge in [-0.2, -0.15) is 0 Å². The van der Waals surface area contributed by atoms with Crippen LogP contribution in [0.25, 0.3) is 0 Å². The zero-order valence-corrected chi connectivity index (χ0v) is 6.84. The van der Waals surface area contributed by atoms with Crippen LogP contribution in [0.4, 0.5) is 8.78 Å². The second-order valence-electron chi connectivity index (χ2n) is 3.80. The number of aliphatic hydroxyl groups is 1. The number of nitrogens with zero attached hydrogens (tertiary/aromatic N) is 1. The number of halogens is 2.